The van der Waals surface area contributed by atoms with Gasteiger partial charge in [-0.05, 0) is 141 Å². The lowest BCUT2D eigenvalue weighted by Gasteiger charge is -2.19. The van der Waals surface area contributed by atoms with Crippen LogP contribution in [0, 0.1) is 13.8 Å². The van der Waals surface area contributed by atoms with Gasteiger partial charge in [0.05, 0.1) is 22.3 Å². The normalized spacial score (nSPS) is 11.5. The van der Waals surface area contributed by atoms with Gasteiger partial charge in [-0.15, -0.1) is 0 Å². The van der Waals surface area contributed by atoms with Gasteiger partial charge >= 0.3 is 0 Å². The van der Waals surface area contributed by atoms with E-state index in [2.05, 4.69) is 204 Å². The molecule has 0 aliphatic rings. The number of fused-ring (bicyclic) bond motifs is 1. The van der Waals surface area contributed by atoms with E-state index in [4.69, 9.17) is 9.97 Å². The Morgan fingerprint density at radius 1 is 0.500 bits per heavy atom. The minimum absolute atomic E-state index is 0.121. The molecule has 4 heteroatoms. The highest BCUT2D eigenvalue weighted by Gasteiger charge is 2.24. The Hall–Kier alpha value is -7.04. The molecule has 294 valence electrons. The first-order chi connectivity index (χ1) is 29.1. The average molecular weight is 780 g/mol. The fourth-order valence-corrected chi connectivity index (χ4v) is 8.41. The second-order valence-corrected chi connectivity index (χ2v) is 16.5. The summed E-state index contributed by atoms with van der Waals surface area (Å²) in [4.78, 5) is 10.5. The van der Waals surface area contributed by atoms with Crippen LogP contribution in [-0.2, 0) is 0 Å². The summed E-state index contributed by atoms with van der Waals surface area (Å²) in [5, 5.41) is 12.2. The van der Waals surface area contributed by atoms with E-state index in [1.807, 2.05) is 12.3 Å². The number of aromatic hydroxyl groups is 1. The van der Waals surface area contributed by atoms with Crippen LogP contribution in [0.2, 0.25) is 0 Å². The molecule has 0 radical (unpaired) electrons. The Kier molecular flexibility index (Phi) is 10.2. The van der Waals surface area contributed by atoms with Crippen molar-refractivity contribution in [2.45, 2.75) is 53.4 Å². The maximum absolute atomic E-state index is 12.2. The molecule has 9 rings (SSSR count). The summed E-state index contributed by atoms with van der Waals surface area (Å²) < 4.78 is 2.26. The summed E-state index contributed by atoms with van der Waals surface area (Å²) in [5.74, 6) is 1.36. The van der Waals surface area contributed by atoms with E-state index >= 15 is 0 Å². The molecule has 0 fully saturated rings. The van der Waals surface area contributed by atoms with Crippen LogP contribution in [0.1, 0.15) is 61.8 Å². The number of hydrogen-bond acceptors (Lipinski definition) is 3. The lowest BCUT2D eigenvalue weighted by molar-refractivity contribution is 0.466. The molecule has 0 saturated heterocycles. The topological polar surface area (TPSA) is 50.9 Å². The largest absolute Gasteiger partial charge is 0.507 e. The molecule has 0 aliphatic carbocycles. The van der Waals surface area contributed by atoms with E-state index in [0.717, 1.165) is 78.0 Å². The number of nitrogens with zero attached hydrogens (tertiary/aromatic N) is 3. The van der Waals surface area contributed by atoms with Crippen LogP contribution in [0.3, 0.4) is 0 Å². The van der Waals surface area contributed by atoms with Gasteiger partial charge in [0.2, 0.25) is 0 Å². The number of para-hydroxylation sites is 1. The number of imidazole rings is 1. The zero-order valence-corrected chi connectivity index (χ0v) is 35.1. The predicted octanol–water partition coefficient (Wildman–Crippen LogP) is 15.0. The number of hydrogen-bond donors (Lipinski definition) is 1. The number of benzene rings is 7. The molecule has 1 N–H and O–H groups in total. The van der Waals surface area contributed by atoms with E-state index in [9.17, 15) is 5.11 Å². The zero-order chi connectivity index (χ0) is 41.5. The third-order valence-corrected chi connectivity index (χ3v) is 11.9. The minimum Gasteiger partial charge on any atom is -0.507 e. The second kappa shape index (κ2) is 16.0. The van der Waals surface area contributed by atoms with Crippen LogP contribution < -0.4 is 0 Å². The Bertz CT molecular complexity index is 3000. The lowest BCUT2D eigenvalue weighted by Crippen LogP contribution is -2.03. The minimum atomic E-state index is 0.121. The number of phenols is 1. The van der Waals surface area contributed by atoms with Gasteiger partial charge in [0.25, 0.3) is 0 Å². The summed E-state index contributed by atoms with van der Waals surface area (Å²) in [5.41, 5.74) is 18.8. The van der Waals surface area contributed by atoms with Crippen molar-refractivity contribution in [2.24, 2.45) is 0 Å². The summed E-state index contributed by atoms with van der Waals surface area (Å²) in [6.07, 6.45) is 1.90. The van der Waals surface area contributed by atoms with Gasteiger partial charge in [0, 0.05) is 23.0 Å². The summed E-state index contributed by atoms with van der Waals surface area (Å²) in [7, 11) is 0. The molecule has 0 aliphatic heterocycles. The quantitative estimate of drug-likeness (QED) is 0.159. The van der Waals surface area contributed by atoms with Crippen molar-refractivity contribution in [3.8, 4) is 78.6 Å². The van der Waals surface area contributed by atoms with Crippen molar-refractivity contribution >= 4 is 11.0 Å². The van der Waals surface area contributed by atoms with Crippen molar-refractivity contribution < 1.29 is 5.11 Å². The Balaban J connectivity index is 1.33. The van der Waals surface area contributed by atoms with E-state index in [0.29, 0.717) is 5.82 Å². The molecule has 0 amide bonds. The Morgan fingerprint density at radius 3 is 1.80 bits per heavy atom. The summed E-state index contributed by atoms with van der Waals surface area (Å²) in [6.45, 7) is 13.1. The smallest absolute Gasteiger partial charge is 0.149 e. The number of aromatic nitrogens is 3. The molecular weight excluding hydrogens is 731 g/mol. The molecule has 0 spiro atoms. The predicted molar refractivity (Wildman–Crippen MR) is 251 cm³/mol. The molecule has 4 nitrogen and oxygen atoms in total. The summed E-state index contributed by atoms with van der Waals surface area (Å²) in [6, 6.07) is 57.9. The molecule has 2 aromatic heterocycles. The molecule has 0 bridgehead atoms. The van der Waals surface area contributed by atoms with Crippen molar-refractivity contribution in [3.05, 3.63) is 192 Å². The van der Waals surface area contributed by atoms with Crippen LogP contribution in [0.5, 0.6) is 5.75 Å². The van der Waals surface area contributed by atoms with E-state index < -0.39 is 0 Å². The SMILES string of the molecule is Cc1cc(-n2c(-c3cc(C(C)C)cc(C(C)C)c3O)nc3c(-c4cc(-c5ccccc5)cc(-c5cc(-c6ccccc6)ccn5)c4)cccc32)cc(-c2ccccc2)c1C. The first-order valence-corrected chi connectivity index (χ1v) is 20.9. The average Bonchev–Trinajstić information content (AvgIpc) is 3.67. The van der Waals surface area contributed by atoms with Crippen molar-refractivity contribution in [1.82, 2.24) is 14.5 Å². The monoisotopic (exact) mass is 779 g/mol. The van der Waals surface area contributed by atoms with Crippen molar-refractivity contribution in [2.75, 3.05) is 0 Å². The van der Waals surface area contributed by atoms with Gasteiger partial charge in [-0.1, -0.05) is 137 Å². The maximum atomic E-state index is 12.2. The van der Waals surface area contributed by atoms with E-state index in [1.54, 1.807) is 0 Å². The molecule has 7 aromatic carbocycles. The standard InChI is InChI=1S/C56H49N3O/c1-35(2)43-31-49(36(3)4)55(60)51(32-43)56-58-54-48(23-16-24-53(54)59(56)47-27-37(5)38(6)50(34-47)41-21-14-9-15-22-41)45-28-44(40-19-12-8-13-20-40)29-46(30-45)52-33-42(25-26-57-52)39-17-10-7-11-18-39/h7-36,60H,1-6H3. The molecule has 0 unspecified atom stereocenters. The van der Waals surface area contributed by atoms with Crippen LogP contribution >= 0.6 is 0 Å². The van der Waals surface area contributed by atoms with Crippen molar-refractivity contribution in [1.29, 1.82) is 0 Å². The highest BCUT2D eigenvalue weighted by Crippen LogP contribution is 2.44. The molecule has 0 saturated carbocycles. The van der Waals surface area contributed by atoms with Crippen molar-refractivity contribution in [3.63, 3.8) is 0 Å². The van der Waals surface area contributed by atoms with Crippen LogP contribution in [0.25, 0.3) is 83.9 Å². The highest BCUT2D eigenvalue weighted by molar-refractivity contribution is 5.98. The molecular formula is C56H49N3O. The number of pyridine rings is 1. The number of rotatable bonds is 9. The Labute approximate surface area is 353 Å². The van der Waals surface area contributed by atoms with Crippen LogP contribution in [-0.4, -0.2) is 19.6 Å². The fraction of sp³-hybridized carbons (Fsp3) is 0.143. The highest BCUT2D eigenvalue weighted by atomic mass is 16.3. The first kappa shape index (κ1) is 38.5. The first-order valence-electron chi connectivity index (χ1n) is 20.9. The molecule has 2 heterocycles. The number of phenolic OH excluding ortho intramolecular Hbond substituents is 1. The van der Waals surface area contributed by atoms with E-state index in [-0.39, 0.29) is 17.6 Å². The van der Waals surface area contributed by atoms with Gasteiger partial charge < -0.3 is 5.11 Å². The Morgan fingerprint density at radius 2 is 1.13 bits per heavy atom. The molecule has 9 aromatic rings. The summed E-state index contributed by atoms with van der Waals surface area (Å²) >= 11 is 0. The third kappa shape index (κ3) is 7.20. The second-order valence-electron chi connectivity index (χ2n) is 16.5. The van der Waals surface area contributed by atoms with E-state index in [1.165, 1.54) is 22.3 Å². The maximum Gasteiger partial charge on any atom is 0.149 e. The van der Waals surface area contributed by atoms with Gasteiger partial charge in [-0.25, -0.2) is 4.98 Å². The van der Waals surface area contributed by atoms with Gasteiger partial charge in [-0.3, -0.25) is 9.55 Å². The molecule has 0 atom stereocenters. The van der Waals surface area contributed by atoms with Crippen LogP contribution in [0.4, 0.5) is 0 Å². The third-order valence-electron chi connectivity index (χ3n) is 11.9. The van der Waals surface area contributed by atoms with Gasteiger partial charge in [0.1, 0.15) is 11.6 Å². The number of aryl methyl sites for hydroxylation is 1. The van der Waals surface area contributed by atoms with Crippen LogP contribution in [0.15, 0.2) is 170 Å². The molecule has 60 heavy (non-hydrogen) atoms. The van der Waals surface area contributed by atoms with Gasteiger partial charge in [-0.2, -0.15) is 0 Å². The zero-order valence-electron chi connectivity index (χ0n) is 35.1. The lowest BCUT2D eigenvalue weighted by atomic mass is 9.91. The fourth-order valence-electron chi connectivity index (χ4n) is 8.41. The van der Waals surface area contributed by atoms with Gasteiger partial charge in [0.15, 0.2) is 0 Å².